The maximum atomic E-state index is 11.4. The van der Waals surface area contributed by atoms with Gasteiger partial charge in [-0.1, -0.05) is 43.3 Å². The third kappa shape index (κ3) is 6.62. The molecule has 0 bridgehead atoms. The molecule has 1 unspecified atom stereocenters. The Morgan fingerprint density at radius 2 is 1.79 bits per heavy atom. The summed E-state index contributed by atoms with van der Waals surface area (Å²) in [4.78, 5) is 15.2. The number of nitrogens with zero attached hydrogens (tertiary/aromatic N) is 1. The lowest BCUT2D eigenvalue weighted by molar-refractivity contribution is -0.118. The van der Waals surface area contributed by atoms with Gasteiger partial charge in [-0.3, -0.25) is 9.78 Å². The van der Waals surface area contributed by atoms with Gasteiger partial charge in [0.1, 0.15) is 0 Å². The van der Waals surface area contributed by atoms with Crippen molar-refractivity contribution in [3.63, 3.8) is 0 Å². The Kier molecular flexibility index (Phi) is 7.35. The fourth-order valence-electron chi connectivity index (χ4n) is 1.17. The summed E-state index contributed by atoms with van der Waals surface area (Å²) in [7, 11) is 0. The maximum Gasteiger partial charge on any atom is 0.228 e. The number of hydrogen-bond acceptors (Lipinski definition) is 3. The number of hydrogen-bond donors (Lipinski definition) is 2. The van der Waals surface area contributed by atoms with Gasteiger partial charge in [-0.05, 0) is 12.1 Å². The normalized spacial score (nSPS) is 10.8. The highest BCUT2D eigenvalue weighted by Gasteiger charge is 2.10. The highest BCUT2D eigenvalue weighted by molar-refractivity contribution is 7.80. The topological polar surface area (TPSA) is 42.0 Å². The second-order valence-electron chi connectivity index (χ2n) is 3.97. The van der Waals surface area contributed by atoms with Crippen molar-refractivity contribution in [2.24, 2.45) is 5.92 Å². The quantitative estimate of drug-likeness (QED) is 0.843. The van der Waals surface area contributed by atoms with Crippen LogP contribution in [-0.4, -0.2) is 16.6 Å². The fourth-order valence-corrected chi connectivity index (χ4v) is 1.34. The van der Waals surface area contributed by atoms with Gasteiger partial charge in [0.2, 0.25) is 5.91 Å². The zero-order chi connectivity index (χ0) is 13.9. The number of nitrogens with one attached hydrogen (secondary N) is 1. The largest absolute Gasteiger partial charge is 0.324 e. The third-order valence-corrected chi connectivity index (χ3v) is 2.86. The molecule has 19 heavy (non-hydrogen) atoms. The minimum Gasteiger partial charge on any atom is -0.324 e. The van der Waals surface area contributed by atoms with E-state index in [1.165, 1.54) is 0 Å². The molecule has 0 radical (unpaired) electrons. The molecule has 0 aliphatic rings. The first-order chi connectivity index (χ1) is 9.24. The highest BCUT2D eigenvalue weighted by Crippen LogP contribution is 2.06. The van der Waals surface area contributed by atoms with E-state index >= 15 is 0 Å². The summed E-state index contributed by atoms with van der Waals surface area (Å²) >= 11 is 4.04. The van der Waals surface area contributed by atoms with E-state index in [-0.39, 0.29) is 11.8 Å². The average molecular weight is 274 g/mol. The van der Waals surface area contributed by atoms with E-state index in [0.717, 1.165) is 5.69 Å². The second kappa shape index (κ2) is 9.16. The summed E-state index contributed by atoms with van der Waals surface area (Å²) in [6.45, 7) is 1.83. The molecule has 1 N–H and O–H groups in total. The van der Waals surface area contributed by atoms with Crippen LogP contribution < -0.4 is 5.32 Å². The highest BCUT2D eigenvalue weighted by atomic mass is 32.1. The Labute approximate surface area is 119 Å². The van der Waals surface area contributed by atoms with Gasteiger partial charge in [-0.25, -0.2) is 0 Å². The number of thiol groups is 1. The molecule has 3 nitrogen and oxygen atoms in total. The van der Waals surface area contributed by atoms with Crippen molar-refractivity contribution >= 4 is 24.2 Å². The van der Waals surface area contributed by atoms with E-state index in [1.54, 1.807) is 24.5 Å². The SMILES string of the molecule is CC(CS)C(=O)Nc1cccnc1.c1ccccc1. The Bertz CT molecular complexity index is 435. The van der Waals surface area contributed by atoms with Crippen molar-refractivity contribution in [3.05, 3.63) is 60.9 Å². The van der Waals surface area contributed by atoms with Gasteiger partial charge < -0.3 is 5.32 Å². The molecular weight excluding hydrogens is 256 g/mol. The van der Waals surface area contributed by atoms with Crippen LogP contribution in [0.15, 0.2) is 60.9 Å². The molecule has 1 heterocycles. The Morgan fingerprint density at radius 3 is 2.21 bits per heavy atom. The van der Waals surface area contributed by atoms with Crippen molar-refractivity contribution in [2.45, 2.75) is 6.92 Å². The van der Waals surface area contributed by atoms with Crippen LogP contribution in [-0.2, 0) is 4.79 Å². The number of aromatic nitrogens is 1. The Balaban J connectivity index is 0.000000250. The number of anilines is 1. The van der Waals surface area contributed by atoms with Crippen LogP contribution in [0.2, 0.25) is 0 Å². The molecule has 0 aliphatic carbocycles. The van der Waals surface area contributed by atoms with Gasteiger partial charge in [-0.15, -0.1) is 0 Å². The number of amides is 1. The maximum absolute atomic E-state index is 11.4. The fraction of sp³-hybridized carbons (Fsp3) is 0.200. The number of rotatable bonds is 3. The minimum absolute atomic E-state index is 0.0250. The lowest BCUT2D eigenvalue weighted by Gasteiger charge is -2.08. The summed E-state index contributed by atoms with van der Waals surface area (Å²) in [6.07, 6.45) is 3.28. The standard InChI is InChI=1S/C9H12N2OS.C6H6/c1-7(6-13)9(12)11-8-3-2-4-10-5-8;1-2-4-6-5-3-1/h2-5,7,13H,6H2,1H3,(H,11,12);1-6H. The summed E-state index contributed by atoms with van der Waals surface area (Å²) in [6, 6.07) is 15.6. The van der Waals surface area contributed by atoms with Gasteiger partial charge in [0.25, 0.3) is 0 Å². The van der Waals surface area contributed by atoms with Gasteiger partial charge in [0.15, 0.2) is 0 Å². The molecule has 0 saturated carbocycles. The van der Waals surface area contributed by atoms with Crippen molar-refractivity contribution in [1.82, 2.24) is 4.98 Å². The van der Waals surface area contributed by atoms with E-state index in [0.29, 0.717) is 5.75 Å². The number of carbonyl (C=O) groups excluding carboxylic acids is 1. The van der Waals surface area contributed by atoms with E-state index in [1.807, 2.05) is 43.3 Å². The molecule has 1 amide bonds. The third-order valence-electron chi connectivity index (χ3n) is 2.32. The smallest absolute Gasteiger partial charge is 0.228 e. The van der Waals surface area contributed by atoms with Crippen molar-refractivity contribution in [1.29, 1.82) is 0 Å². The Hall–Kier alpha value is -1.81. The first-order valence-corrected chi connectivity index (χ1v) is 6.69. The summed E-state index contributed by atoms with van der Waals surface area (Å²) < 4.78 is 0. The van der Waals surface area contributed by atoms with Crippen molar-refractivity contribution in [3.8, 4) is 0 Å². The summed E-state index contributed by atoms with van der Waals surface area (Å²) in [5.74, 6) is 0.443. The predicted molar refractivity (Wildman–Crippen MR) is 82.3 cm³/mol. The summed E-state index contributed by atoms with van der Waals surface area (Å²) in [5.41, 5.74) is 0.723. The van der Waals surface area contributed by atoms with Crippen molar-refractivity contribution < 1.29 is 4.79 Å². The molecule has 1 atom stereocenters. The lowest BCUT2D eigenvalue weighted by Crippen LogP contribution is -2.21. The first kappa shape index (κ1) is 15.2. The molecule has 0 aliphatic heterocycles. The molecular formula is C15H18N2OS. The number of pyridine rings is 1. The predicted octanol–water partition coefficient (Wildman–Crippen LogP) is 3.27. The number of benzene rings is 1. The van der Waals surface area contributed by atoms with Gasteiger partial charge in [0, 0.05) is 17.9 Å². The van der Waals surface area contributed by atoms with Crippen LogP contribution in [0.25, 0.3) is 0 Å². The zero-order valence-electron chi connectivity index (χ0n) is 10.9. The van der Waals surface area contributed by atoms with Crippen LogP contribution in [0.5, 0.6) is 0 Å². The van der Waals surface area contributed by atoms with E-state index in [2.05, 4.69) is 22.9 Å². The lowest BCUT2D eigenvalue weighted by atomic mass is 10.2. The molecule has 2 aromatic rings. The minimum atomic E-state index is -0.0801. The van der Waals surface area contributed by atoms with Gasteiger partial charge in [-0.2, -0.15) is 12.6 Å². The number of carbonyl (C=O) groups is 1. The van der Waals surface area contributed by atoms with E-state index < -0.39 is 0 Å². The van der Waals surface area contributed by atoms with Crippen LogP contribution in [0.4, 0.5) is 5.69 Å². The van der Waals surface area contributed by atoms with Gasteiger partial charge >= 0.3 is 0 Å². The summed E-state index contributed by atoms with van der Waals surface area (Å²) in [5, 5.41) is 2.74. The van der Waals surface area contributed by atoms with Gasteiger partial charge in [0.05, 0.1) is 11.9 Å². The van der Waals surface area contributed by atoms with E-state index in [4.69, 9.17) is 0 Å². The van der Waals surface area contributed by atoms with Crippen LogP contribution in [0.1, 0.15) is 6.92 Å². The monoisotopic (exact) mass is 274 g/mol. The van der Waals surface area contributed by atoms with Crippen LogP contribution in [0, 0.1) is 5.92 Å². The molecule has 2 rings (SSSR count). The first-order valence-electron chi connectivity index (χ1n) is 6.06. The molecule has 0 fully saturated rings. The molecule has 100 valence electrons. The molecule has 0 spiro atoms. The van der Waals surface area contributed by atoms with Crippen LogP contribution >= 0.6 is 12.6 Å². The molecule has 1 aromatic carbocycles. The second-order valence-corrected chi connectivity index (χ2v) is 4.33. The zero-order valence-corrected chi connectivity index (χ0v) is 11.8. The molecule has 1 aromatic heterocycles. The average Bonchev–Trinajstić information content (AvgIpc) is 2.50. The molecule has 0 saturated heterocycles. The van der Waals surface area contributed by atoms with Crippen molar-refractivity contribution in [2.75, 3.05) is 11.1 Å². The Morgan fingerprint density at radius 1 is 1.21 bits per heavy atom. The van der Waals surface area contributed by atoms with E-state index in [9.17, 15) is 4.79 Å². The molecule has 4 heteroatoms. The van der Waals surface area contributed by atoms with Crippen LogP contribution in [0.3, 0.4) is 0 Å².